The number of rotatable bonds is 7. The van der Waals surface area contributed by atoms with Crippen molar-refractivity contribution in [3.05, 3.63) is 54.1 Å². The third kappa shape index (κ3) is 5.09. The molecule has 1 aliphatic heterocycles. The molecule has 2 amide bonds. The van der Waals surface area contributed by atoms with Gasteiger partial charge in [0.2, 0.25) is 11.8 Å². The quantitative estimate of drug-likeness (QED) is 0.670. The minimum Gasteiger partial charge on any atom is -0.496 e. The molecule has 3 rings (SSSR count). The van der Waals surface area contributed by atoms with Crippen LogP contribution < -0.4 is 4.74 Å². The molecular formula is C26H34N2O3. The van der Waals surface area contributed by atoms with Crippen LogP contribution in [0.4, 0.5) is 0 Å². The Hall–Kier alpha value is -2.82. The maximum Gasteiger partial charge on any atom is 0.227 e. The van der Waals surface area contributed by atoms with Crippen molar-refractivity contribution >= 4 is 11.8 Å². The molecule has 0 bridgehead atoms. The fraction of sp³-hybridized carbons (Fsp3) is 0.462. The first kappa shape index (κ1) is 22.9. The molecule has 166 valence electrons. The number of hydrogen-bond donors (Lipinski definition) is 0. The van der Waals surface area contributed by atoms with Crippen molar-refractivity contribution in [1.82, 2.24) is 9.80 Å². The highest BCUT2D eigenvalue weighted by molar-refractivity contribution is 5.83. The van der Waals surface area contributed by atoms with E-state index >= 15 is 0 Å². The van der Waals surface area contributed by atoms with Crippen molar-refractivity contribution in [2.24, 2.45) is 11.8 Å². The first-order valence-corrected chi connectivity index (χ1v) is 11.2. The Morgan fingerprint density at radius 1 is 1.03 bits per heavy atom. The maximum atomic E-state index is 13.2. The van der Waals surface area contributed by atoms with Crippen LogP contribution >= 0.6 is 0 Å². The van der Waals surface area contributed by atoms with E-state index in [1.54, 1.807) is 12.0 Å². The summed E-state index contributed by atoms with van der Waals surface area (Å²) in [4.78, 5) is 29.9. The zero-order valence-electron chi connectivity index (χ0n) is 19.1. The van der Waals surface area contributed by atoms with Crippen molar-refractivity contribution < 1.29 is 14.3 Å². The minimum absolute atomic E-state index is 0.0278. The van der Waals surface area contributed by atoms with Gasteiger partial charge in [0.1, 0.15) is 5.75 Å². The average molecular weight is 423 g/mol. The molecule has 0 N–H and O–H groups in total. The van der Waals surface area contributed by atoms with Crippen LogP contribution in [0.1, 0.15) is 32.3 Å². The number of benzene rings is 2. The summed E-state index contributed by atoms with van der Waals surface area (Å²) in [5.41, 5.74) is 3.17. The van der Waals surface area contributed by atoms with Crippen LogP contribution in [0.5, 0.6) is 5.75 Å². The zero-order valence-corrected chi connectivity index (χ0v) is 19.1. The van der Waals surface area contributed by atoms with Crippen LogP contribution in [0, 0.1) is 11.8 Å². The van der Waals surface area contributed by atoms with Crippen LogP contribution in [0.25, 0.3) is 11.1 Å². The number of amides is 2. The van der Waals surface area contributed by atoms with E-state index in [0.29, 0.717) is 26.1 Å². The molecule has 2 aromatic carbocycles. The third-order valence-electron chi connectivity index (χ3n) is 6.40. The van der Waals surface area contributed by atoms with E-state index in [9.17, 15) is 9.59 Å². The lowest BCUT2D eigenvalue weighted by atomic mass is 9.90. The van der Waals surface area contributed by atoms with E-state index in [-0.39, 0.29) is 23.7 Å². The second-order valence-electron chi connectivity index (χ2n) is 8.32. The molecule has 0 spiro atoms. The summed E-state index contributed by atoms with van der Waals surface area (Å²) in [5, 5.41) is 0. The van der Waals surface area contributed by atoms with Crippen LogP contribution in [0.2, 0.25) is 0 Å². The topological polar surface area (TPSA) is 49.9 Å². The van der Waals surface area contributed by atoms with Gasteiger partial charge in [-0.25, -0.2) is 0 Å². The standard InChI is InChI=1S/C26H34N2O3/c1-5-19(6-2)26(30)28-16-15-27(3)25(29)21(18-28)17-20-11-7-8-12-22(20)23-13-9-10-14-24(23)31-4/h7-14,19,21H,5-6,15-18H2,1-4H3/t21-/m1/s1. The minimum atomic E-state index is -0.262. The first-order chi connectivity index (χ1) is 15.0. The van der Waals surface area contributed by atoms with E-state index in [1.165, 1.54) is 0 Å². The molecule has 1 fully saturated rings. The second kappa shape index (κ2) is 10.5. The molecule has 1 aliphatic rings. The van der Waals surface area contributed by atoms with E-state index in [1.807, 2.05) is 48.3 Å². The number of methoxy groups -OCH3 is 1. The monoisotopic (exact) mass is 422 g/mol. The zero-order chi connectivity index (χ0) is 22.4. The van der Waals surface area contributed by atoms with Crippen LogP contribution in [0.15, 0.2) is 48.5 Å². The van der Waals surface area contributed by atoms with Gasteiger partial charge < -0.3 is 14.5 Å². The highest BCUT2D eigenvalue weighted by Gasteiger charge is 2.33. The maximum absolute atomic E-state index is 13.2. The van der Waals surface area contributed by atoms with Crippen molar-refractivity contribution in [3.8, 4) is 16.9 Å². The van der Waals surface area contributed by atoms with Gasteiger partial charge in [-0.15, -0.1) is 0 Å². The lowest BCUT2D eigenvalue weighted by Crippen LogP contribution is -2.40. The van der Waals surface area contributed by atoms with E-state index in [0.717, 1.165) is 35.3 Å². The third-order valence-corrected chi connectivity index (χ3v) is 6.40. The van der Waals surface area contributed by atoms with Crippen LogP contribution in [-0.4, -0.2) is 55.4 Å². The van der Waals surface area contributed by atoms with Crippen LogP contribution in [0.3, 0.4) is 0 Å². The van der Waals surface area contributed by atoms with Crippen molar-refractivity contribution in [2.75, 3.05) is 33.8 Å². The predicted molar refractivity (Wildman–Crippen MR) is 124 cm³/mol. The summed E-state index contributed by atoms with van der Waals surface area (Å²) in [7, 11) is 3.51. The van der Waals surface area contributed by atoms with Gasteiger partial charge in [0.15, 0.2) is 0 Å². The van der Waals surface area contributed by atoms with E-state index in [2.05, 4.69) is 26.0 Å². The Labute approximate surface area is 186 Å². The van der Waals surface area contributed by atoms with Crippen molar-refractivity contribution in [1.29, 1.82) is 0 Å². The molecule has 31 heavy (non-hydrogen) atoms. The summed E-state index contributed by atoms with van der Waals surface area (Å²) < 4.78 is 5.57. The number of nitrogens with zero attached hydrogens (tertiary/aromatic N) is 2. The molecule has 0 radical (unpaired) electrons. The van der Waals surface area contributed by atoms with Gasteiger partial charge >= 0.3 is 0 Å². The molecule has 0 saturated carbocycles. The molecule has 1 heterocycles. The predicted octanol–water partition coefficient (Wildman–Crippen LogP) is 4.26. The van der Waals surface area contributed by atoms with Crippen molar-refractivity contribution in [3.63, 3.8) is 0 Å². The largest absolute Gasteiger partial charge is 0.496 e. The molecule has 5 nitrogen and oxygen atoms in total. The van der Waals surface area contributed by atoms with Gasteiger partial charge in [0, 0.05) is 38.2 Å². The first-order valence-electron chi connectivity index (χ1n) is 11.2. The SMILES string of the molecule is CCC(CC)C(=O)N1CCN(C)C(=O)[C@H](Cc2ccccc2-c2ccccc2OC)C1. The molecule has 0 unspecified atom stereocenters. The summed E-state index contributed by atoms with van der Waals surface area (Å²) in [6, 6.07) is 16.1. The Morgan fingerprint density at radius 2 is 1.68 bits per heavy atom. The molecule has 0 aromatic heterocycles. The van der Waals surface area contributed by atoms with Gasteiger partial charge in [-0.1, -0.05) is 56.3 Å². The highest BCUT2D eigenvalue weighted by Crippen LogP contribution is 2.33. The van der Waals surface area contributed by atoms with Gasteiger partial charge in [-0.3, -0.25) is 9.59 Å². The van der Waals surface area contributed by atoms with E-state index < -0.39 is 0 Å². The Bertz CT molecular complexity index is 907. The number of carbonyl (C=O) groups is 2. The Morgan fingerprint density at radius 3 is 2.35 bits per heavy atom. The molecule has 2 aromatic rings. The number of ether oxygens (including phenoxy) is 1. The summed E-state index contributed by atoms with van der Waals surface area (Å²) in [6.07, 6.45) is 2.25. The van der Waals surface area contributed by atoms with Crippen LogP contribution in [-0.2, 0) is 16.0 Å². The van der Waals surface area contributed by atoms with Gasteiger partial charge in [-0.2, -0.15) is 0 Å². The van der Waals surface area contributed by atoms with Gasteiger partial charge in [-0.05, 0) is 36.5 Å². The van der Waals surface area contributed by atoms with Gasteiger partial charge in [0.25, 0.3) is 0 Å². The summed E-state index contributed by atoms with van der Waals surface area (Å²) in [5.74, 6) is 0.859. The second-order valence-corrected chi connectivity index (χ2v) is 8.32. The summed E-state index contributed by atoms with van der Waals surface area (Å²) >= 11 is 0. The lowest BCUT2D eigenvalue weighted by Gasteiger charge is -2.27. The number of para-hydroxylation sites is 1. The van der Waals surface area contributed by atoms with Crippen molar-refractivity contribution in [2.45, 2.75) is 33.1 Å². The summed E-state index contributed by atoms with van der Waals surface area (Å²) in [6.45, 7) is 5.76. The molecular weight excluding hydrogens is 388 g/mol. The average Bonchev–Trinajstić information content (AvgIpc) is 2.94. The number of hydrogen-bond acceptors (Lipinski definition) is 3. The fourth-order valence-corrected chi connectivity index (χ4v) is 4.47. The number of likely N-dealkylation sites (N-methyl/N-ethyl adjacent to an activating group) is 1. The normalized spacial score (nSPS) is 17.1. The molecule has 1 atom stereocenters. The molecule has 0 aliphatic carbocycles. The molecule has 5 heteroatoms. The molecule has 1 saturated heterocycles. The highest BCUT2D eigenvalue weighted by atomic mass is 16.5. The lowest BCUT2D eigenvalue weighted by molar-refractivity contribution is -0.136. The van der Waals surface area contributed by atoms with Gasteiger partial charge in [0.05, 0.1) is 13.0 Å². The fourth-order valence-electron chi connectivity index (χ4n) is 4.47. The Balaban J connectivity index is 1.91. The number of carbonyl (C=O) groups excluding carboxylic acids is 2. The smallest absolute Gasteiger partial charge is 0.227 e. The van der Waals surface area contributed by atoms with E-state index in [4.69, 9.17) is 4.74 Å². The Kier molecular flexibility index (Phi) is 7.72.